The minimum Gasteiger partial charge on any atom is -0.496 e. The summed E-state index contributed by atoms with van der Waals surface area (Å²) in [6, 6.07) is 19.9. The Labute approximate surface area is 157 Å². The number of nitrogens with zero attached hydrogens (tertiary/aromatic N) is 1. The van der Waals surface area contributed by atoms with Gasteiger partial charge in [0, 0.05) is 17.6 Å². The zero-order valence-electron chi connectivity index (χ0n) is 16.0. The van der Waals surface area contributed by atoms with E-state index in [1.165, 1.54) is 11.1 Å². The standard InChI is InChI=1S/C23H28N2O/c1-17-9-10-22(26-3)21(15-17)18(2)25-20-11-13-23(16-24,14-12-20)19-7-5-4-6-8-19/h4-10,15,18,20,25H,11-14H2,1-3H3. The SMILES string of the molecule is COc1ccc(C)cc1C(C)NC1CCC(C#N)(c2ccccc2)CC1. The molecule has 3 heteroatoms. The van der Waals surface area contributed by atoms with E-state index < -0.39 is 0 Å². The molecule has 0 radical (unpaired) electrons. The minimum absolute atomic E-state index is 0.223. The summed E-state index contributed by atoms with van der Waals surface area (Å²) in [6.07, 6.45) is 3.84. The maximum Gasteiger partial charge on any atom is 0.123 e. The van der Waals surface area contributed by atoms with E-state index in [0.29, 0.717) is 6.04 Å². The van der Waals surface area contributed by atoms with Crippen molar-refractivity contribution in [3.05, 3.63) is 65.2 Å². The monoisotopic (exact) mass is 348 g/mol. The highest BCUT2D eigenvalue weighted by Gasteiger charge is 2.37. The van der Waals surface area contributed by atoms with Gasteiger partial charge in [-0.15, -0.1) is 0 Å². The highest BCUT2D eigenvalue weighted by molar-refractivity contribution is 5.39. The summed E-state index contributed by atoms with van der Waals surface area (Å²) in [5, 5.41) is 13.6. The third kappa shape index (κ3) is 3.76. The van der Waals surface area contributed by atoms with Gasteiger partial charge in [0.25, 0.3) is 0 Å². The first-order chi connectivity index (χ1) is 12.6. The van der Waals surface area contributed by atoms with Crippen molar-refractivity contribution in [2.45, 2.75) is 57.0 Å². The largest absolute Gasteiger partial charge is 0.496 e. The molecule has 0 aromatic heterocycles. The number of ether oxygens (including phenoxy) is 1. The number of benzene rings is 2. The maximum atomic E-state index is 9.85. The van der Waals surface area contributed by atoms with Crippen molar-refractivity contribution < 1.29 is 4.74 Å². The molecule has 0 amide bonds. The first-order valence-electron chi connectivity index (χ1n) is 9.45. The molecule has 1 aliphatic rings. The quantitative estimate of drug-likeness (QED) is 0.821. The molecule has 2 aromatic carbocycles. The summed E-state index contributed by atoms with van der Waals surface area (Å²) in [7, 11) is 1.72. The van der Waals surface area contributed by atoms with Crippen molar-refractivity contribution in [2.75, 3.05) is 7.11 Å². The maximum absolute atomic E-state index is 9.85. The lowest BCUT2D eigenvalue weighted by Gasteiger charge is -2.37. The van der Waals surface area contributed by atoms with Crippen LogP contribution in [0.1, 0.15) is 55.3 Å². The Morgan fingerprint density at radius 2 is 1.85 bits per heavy atom. The smallest absolute Gasteiger partial charge is 0.123 e. The van der Waals surface area contributed by atoms with Crippen LogP contribution in [0.5, 0.6) is 5.75 Å². The Morgan fingerprint density at radius 3 is 2.46 bits per heavy atom. The highest BCUT2D eigenvalue weighted by atomic mass is 16.5. The van der Waals surface area contributed by atoms with Crippen molar-refractivity contribution in [3.63, 3.8) is 0 Å². The summed E-state index contributed by atoms with van der Waals surface area (Å²) < 4.78 is 5.54. The van der Waals surface area contributed by atoms with Crippen LogP contribution in [-0.4, -0.2) is 13.2 Å². The molecule has 136 valence electrons. The molecule has 3 nitrogen and oxygen atoms in total. The summed E-state index contributed by atoms with van der Waals surface area (Å²) in [6.45, 7) is 4.30. The lowest BCUT2D eigenvalue weighted by Crippen LogP contribution is -2.40. The summed E-state index contributed by atoms with van der Waals surface area (Å²) in [4.78, 5) is 0. The van der Waals surface area contributed by atoms with Gasteiger partial charge in [-0.1, -0.05) is 48.0 Å². The van der Waals surface area contributed by atoms with Gasteiger partial charge in [0.1, 0.15) is 5.75 Å². The third-order valence-corrected chi connectivity index (χ3v) is 5.72. The molecular formula is C23H28N2O. The fourth-order valence-electron chi connectivity index (χ4n) is 4.13. The van der Waals surface area contributed by atoms with Crippen molar-refractivity contribution >= 4 is 0 Å². The number of nitriles is 1. The van der Waals surface area contributed by atoms with Crippen molar-refractivity contribution in [2.24, 2.45) is 0 Å². The van der Waals surface area contributed by atoms with E-state index in [-0.39, 0.29) is 11.5 Å². The molecule has 1 aliphatic carbocycles. The van der Waals surface area contributed by atoms with E-state index in [9.17, 15) is 5.26 Å². The fraction of sp³-hybridized carbons (Fsp3) is 0.435. The van der Waals surface area contributed by atoms with Gasteiger partial charge in [0.2, 0.25) is 0 Å². The summed E-state index contributed by atoms with van der Waals surface area (Å²) >= 11 is 0. The number of hydrogen-bond acceptors (Lipinski definition) is 3. The van der Waals surface area contributed by atoms with E-state index >= 15 is 0 Å². The fourth-order valence-corrected chi connectivity index (χ4v) is 4.13. The number of hydrogen-bond donors (Lipinski definition) is 1. The second kappa shape index (κ2) is 7.93. The summed E-state index contributed by atoms with van der Waals surface area (Å²) in [5.41, 5.74) is 3.27. The van der Waals surface area contributed by atoms with Gasteiger partial charge in [0.15, 0.2) is 0 Å². The Balaban J connectivity index is 1.67. The molecule has 0 bridgehead atoms. The zero-order chi connectivity index (χ0) is 18.6. The van der Waals surface area contributed by atoms with Gasteiger partial charge >= 0.3 is 0 Å². The van der Waals surface area contributed by atoms with E-state index in [2.05, 4.69) is 49.5 Å². The van der Waals surface area contributed by atoms with E-state index in [1.807, 2.05) is 24.3 Å². The average Bonchev–Trinajstić information content (AvgIpc) is 2.69. The third-order valence-electron chi connectivity index (χ3n) is 5.72. The average molecular weight is 348 g/mol. The van der Waals surface area contributed by atoms with Crippen LogP contribution in [0, 0.1) is 18.3 Å². The summed E-state index contributed by atoms with van der Waals surface area (Å²) in [5.74, 6) is 0.932. The molecule has 1 fully saturated rings. The molecular weight excluding hydrogens is 320 g/mol. The lowest BCUT2D eigenvalue weighted by molar-refractivity contribution is 0.279. The molecule has 26 heavy (non-hydrogen) atoms. The molecule has 1 unspecified atom stereocenters. The second-order valence-corrected chi connectivity index (χ2v) is 7.47. The minimum atomic E-state index is -0.330. The van der Waals surface area contributed by atoms with Gasteiger partial charge in [-0.2, -0.15) is 5.26 Å². The first-order valence-corrected chi connectivity index (χ1v) is 9.45. The molecule has 0 aliphatic heterocycles. The van der Waals surface area contributed by atoms with E-state index in [1.54, 1.807) is 7.11 Å². The van der Waals surface area contributed by atoms with Crippen LogP contribution < -0.4 is 10.1 Å². The second-order valence-electron chi connectivity index (χ2n) is 7.47. The molecule has 0 spiro atoms. The van der Waals surface area contributed by atoms with Gasteiger partial charge in [-0.3, -0.25) is 0 Å². The van der Waals surface area contributed by atoms with Crippen LogP contribution in [0.4, 0.5) is 0 Å². The Hall–Kier alpha value is -2.31. The van der Waals surface area contributed by atoms with Crippen molar-refractivity contribution in [1.82, 2.24) is 5.32 Å². The first kappa shape index (κ1) is 18.5. The van der Waals surface area contributed by atoms with Gasteiger partial charge in [-0.25, -0.2) is 0 Å². The lowest BCUT2D eigenvalue weighted by atomic mass is 9.69. The molecule has 3 rings (SSSR count). The predicted molar refractivity (Wildman–Crippen MR) is 105 cm³/mol. The van der Waals surface area contributed by atoms with Gasteiger partial charge in [-0.05, 0) is 51.2 Å². The molecule has 0 heterocycles. The highest BCUT2D eigenvalue weighted by Crippen LogP contribution is 2.39. The van der Waals surface area contributed by atoms with E-state index in [0.717, 1.165) is 37.0 Å². The van der Waals surface area contributed by atoms with Crippen molar-refractivity contribution in [1.29, 1.82) is 5.26 Å². The molecule has 0 saturated heterocycles. The molecule has 2 aromatic rings. The Morgan fingerprint density at radius 1 is 1.15 bits per heavy atom. The van der Waals surface area contributed by atoms with Gasteiger partial charge < -0.3 is 10.1 Å². The number of rotatable bonds is 5. The normalized spacial score (nSPS) is 23.8. The topological polar surface area (TPSA) is 45.0 Å². The van der Waals surface area contributed by atoms with Crippen LogP contribution in [0.2, 0.25) is 0 Å². The van der Waals surface area contributed by atoms with E-state index in [4.69, 9.17) is 4.74 Å². The van der Waals surface area contributed by atoms with Crippen LogP contribution in [-0.2, 0) is 5.41 Å². The molecule has 1 N–H and O–H groups in total. The number of nitrogens with one attached hydrogen (secondary N) is 1. The number of methoxy groups -OCH3 is 1. The van der Waals surface area contributed by atoms with Crippen LogP contribution in [0.25, 0.3) is 0 Å². The molecule has 1 saturated carbocycles. The van der Waals surface area contributed by atoms with Crippen molar-refractivity contribution in [3.8, 4) is 11.8 Å². The number of aryl methyl sites for hydroxylation is 1. The van der Waals surface area contributed by atoms with Crippen LogP contribution in [0.15, 0.2) is 48.5 Å². The van der Waals surface area contributed by atoms with Gasteiger partial charge in [0.05, 0.1) is 18.6 Å². The zero-order valence-corrected chi connectivity index (χ0v) is 16.0. The Bertz CT molecular complexity index is 771. The molecule has 1 atom stereocenters. The van der Waals surface area contributed by atoms with Crippen LogP contribution >= 0.6 is 0 Å². The van der Waals surface area contributed by atoms with Crippen LogP contribution in [0.3, 0.4) is 0 Å². The Kier molecular flexibility index (Phi) is 5.64. The predicted octanol–water partition coefficient (Wildman–Crippen LogP) is 5.06.